The van der Waals surface area contributed by atoms with E-state index in [0.29, 0.717) is 12.0 Å². The predicted octanol–water partition coefficient (Wildman–Crippen LogP) is 2.72. The number of nitrogens with zero attached hydrogens (tertiary/aromatic N) is 2. The monoisotopic (exact) mass is 212 g/mol. The molecule has 0 fully saturated rings. The number of rotatable bonds is 2. The van der Waals surface area contributed by atoms with Gasteiger partial charge in [-0.25, -0.2) is 0 Å². The van der Waals surface area contributed by atoms with Gasteiger partial charge in [-0.1, -0.05) is 20.8 Å². The van der Waals surface area contributed by atoms with Crippen LogP contribution in [0.2, 0.25) is 0 Å². The normalized spacial score (nSPS) is 11.5. The Morgan fingerprint density at radius 1 is 1.53 bits per heavy atom. The van der Waals surface area contributed by atoms with Crippen LogP contribution in [-0.2, 0) is 6.42 Å². The van der Waals surface area contributed by atoms with E-state index < -0.39 is 16.6 Å². The summed E-state index contributed by atoms with van der Waals surface area (Å²) in [5.74, 6) is -1.52. The highest BCUT2D eigenvalue weighted by Crippen LogP contribution is 2.25. The van der Waals surface area contributed by atoms with Crippen LogP contribution in [0.4, 0.5) is 10.2 Å². The Kier molecular flexibility index (Phi) is 3.02. The third-order valence-corrected chi connectivity index (χ3v) is 1.84. The molecule has 1 rings (SSSR count). The van der Waals surface area contributed by atoms with Crippen LogP contribution in [-0.4, -0.2) is 9.91 Å². The molecule has 1 aromatic heterocycles. The minimum Gasteiger partial charge on any atom is -0.358 e. The first kappa shape index (κ1) is 11.6. The van der Waals surface area contributed by atoms with E-state index in [1.165, 1.54) is 12.3 Å². The number of halogens is 1. The average Bonchev–Trinajstić information content (AvgIpc) is 2.05. The van der Waals surface area contributed by atoms with E-state index in [0.717, 1.165) is 0 Å². The smallest absolute Gasteiger partial charge is 0.358 e. The van der Waals surface area contributed by atoms with E-state index >= 15 is 0 Å². The molecule has 15 heavy (non-hydrogen) atoms. The molecular weight excluding hydrogens is 199 g/mol. The zero-order chi connectivity index (χ0) is 11.6. The van der Waals surface area contributed by atoms with Crippen molar-refractivity contribution in [2.45, 2.75) is 27.2 Å². The minimum atomic E-state index is -0.822. The van der Waals surface area contributed by atoms with Gasteiger partial charge in [0, 0.05) is 5.56 Å². The van der Waals surface area contributed by atoms with E-state index in [1.807, 2.05) is 20.8 Å². The van der Waals surface area contributed by atoms with Gasteiger partial charge in [0.1, 0.15) is 6.20 Å². The van der Waals surface area contributed by atoms with E-state index in [4.69, 9.17) is 0 Å². The molecule has 0 aliphatic carbocycles. The summed E-state index contributed by atoms with van der Waals surface area (Å²) in [7, 11) is 0. The lowest BCUT2D eigenvalue weighted by Crippen LogP contribution is -2.11. The lowest BCUT2D eigenvalue weighted by molar-refractivity contribution is -0.392. The Bertz CT molecular complexity index is 385. The molecule has 0 radical (unpaired) electrons. The zero-order valence-electron chi connectivity index (χ0n) is 8.95. The molecule has 0 N–H and O–H groups in total. The van der Waals surface area contributed by atoms with Gasteiger partial charge in [-0.15, -0.1) is 0 Å². The molecule has 0 amide bonds. The van der Waals surface area contributed by atoms with Gasteiger partial charge in [-0.3, -0.25) is 0 Å². The molecule has 5 heteroatoms. The number of hydrogen-bond acceptors (Lipinski definition) is 3. The lowest BCUT2D eigenvalue weighted by Gasteiger charge is -2.17. The maximum Gasteiger partial charge on any atom is 0.400 e. The summed E-state index contributed by atoms with van der Waals surface area (Å²) in [6.45, 7) is 5.83. The number of hydrogen-bond donors (Lipinski definition) is 0. The summed E-state index contributed by atoms with van der Waals surface area (Å²) in [5, 5.41) is 10.4. The highest BCUT2D eigenvalue weighted by Gasteiger charge is 2.22. The summed E-state index contributed by atoms with van der Waals surface area (Å²) >= 11 is 0. The van der Waals surface area contributed by atoms with Crippen LogP contribution in [0, 0.1) is 21.3 Å². The van der Waals surface area contributed by atoms with Crippen LogP contribution in [0.3, 0.4) is 0 Å². The first-order chi connectivity index (χ1) is 6.81. The largest absolute Gasteiger partial charge is 0.400 e. The second-order valence-corrected chi connectivity index (χ2v) is 4.60. The van der Waals surface area contributed by atoms with Crippen LogP contribution < -0.4 is 0 Å². The minimum absolute atomic E-state index is 0.115. The van der Waals surface area contributed by atoms with Crippen molar-refractivity contribution in [3.05, 3.63) is 33.8 Å². The molecule has 0 saturated carbocycles. The van der Waals surface area contributed by atoms with Gasteiger partial charge in [0.05, 0.1) is 0 Å². The molecule has 0 aliphatic heterocycles. The van der Waals surface area contributed by atoms with Crippen LogP contribution in [0.15, 0.2) is 12.3 Å². The Balaban J connectivity index is 3.10. The fourth-order valence-corrected chi connectivity index (χ4v) is 1.31. The SMILES string of the molecule is CC(C)(C)Cc1ccnc([N+](=O)[O-])c1F. The van der Waals surface area contributed by atoms with Gasteiger partial charge >= 0.3 is 5.82 Å². The molecule has 0 aromatic carbocycles. The highest BCUT2D eigenvalue weighted by molar-refractivity contribution is 5.29. The van der Waals surface area contributed by atoms with Gasteiger partial charge in [0.2, 0.25) is 5.82 Å². The molecule has 0 saturated heterocycles. The first-order valence-corrected chi connectivity index (χ1v) is 4.59. The molecular formula is C10H13FN2O2. The predicted molar refractivity (Wildman–Crippen MR) is 54.0 cm³/mol. The van der Waals surface area contributed by atoms with Gasteiger partial charge < -0.3 is 10.1 Å². The van der Waals surface area contributed by atoms with E-state index in [-0.39, 0.29) is 5.41 Å². The summed E-state index contributed by atoms with van der Waals surface area (Å²) in [5.41, 5.74) is 0.222. The van der Waals surface area contributed by atoms with Gasteiger partial charge in [0.25, 0.3) is 0 Å². The van der Waals surface area contributed by atoms with Gasteiger partial charge in [0.15, 0.2) is 0 Å². The van der Waals surface area contributed by atoms with Crippen molar-refractivity contribution < 1.29 is 9.31 Å². The topological polar surface area (TPSA) is 56.0 Å². The molecule has 0 unspecified atom stereocenters. The summed E-state index contributed by atoms with van der Waals surface area (Å²) < 4.78 is 13.5. The molecule has 0 spiro atoms. The fraction of sp³-hybridized carbons (Fsp3) is 0.500. The van der Waals surface area contributed by atoms with Crippen molar-refractivity contribution in [2.75, 3.05) is 0 Å². The maximum absolute atomic E-state index is 13.5. The first-order valence-electron chi connectivity index (χ1n) is 4.59. The second-order valence-electron chi connectivity index (χ2n) is 4.60. The van der Waals surface area contributed by atoms with Gasteiger partial charge in [-0.2, -0.15) is 4.39 Å². The molecule has 1 aromatic rings. The van der Waals surface area contributed by atoms with E-state index in [9.17, 15) is 14.5 Å². The van der Waals surface area contributed by atoms with Crippen LogP contribution >= 0.6 is 0 Å². The van der Waals surface area contributed by atoms with Crippen molar-refractivity contribution >= 4 is 5.82 Å². The number of aromatic nitrogens is 1. The number of pyridine rings is 1. The summed E-state index contributed by atoms with van der Waals surface area (Å²) in [6.07, 6.45) is 1.71. The van der Waals surface area contributed by atoms with Crippen molar-refractivity contribution in [3.8, 4) is 0 Å². The summed E-state index contributed by atoms with van der Waals surface area (Å²) in [6, 6.07) is 1.48. The molecule has 0 bridgehead atoms. The Morgan fingerprint density at radius 2 is 2.13 bits per heavy atom. The van der Waals surface area contributed by atoms with Crippen molar-refractivity contribution in [3.63, 3.8) is 0 Å². The average molecular weight is 212 g/mol. The Hall–Kier alpha value is -1.52. The molecule has 0 atom stereocenters. The quantitative estimate of drug-likeness (QED) is 0.559. The zero-order valence-corrected chi connectivity index (χ0v) is 8.95. The van der Waals surface area contributed by atoms with Crippen LogP contribution in [0.1, 0.15) is 26.3 Å². The third kappa shape index (κ3) is 2.97. The van der Waals surface area contributed by atoms with Crippen molar-refractivity contribution in [2.24, 2.45) is 5.41 Å². The second kappa shape index (κ2) is 3.92. The summed E-state index contributed by atoms with van der Waals surface area (Å²) in [4.78, 5) is 13.0. The van der Waals surface area contributed by atoms with E-state index in [1.54, 1.807) is 0 Å². The maximum atomic E-state index is 13.5. The van der Waals surface area contributed by atoms with Crippen molar-refractivity contribution in [1.29, 1.82) is 0 Å². The third-order valence-electron chi connectivity index (χ3n) is 1.84. The van der Waals surface area contributed by atoms with Crippen molar-refractivity contribution in [1.82, 2.24) is 4.98 Å². The Labute approximate surface area is 87.3 Å². The number of nitro groups is 1. The standard InChI is InChI=1S/C10H13FN2O2/c1-10(2,3)6-7-4-5-12-9(8(7)11)13(14)15/h4-5H,6H2,1-3H3. The van der Waals surface area contributed by atoms with E-state index in [2.05, 4.69) is 4.98 Å². The van der Waals surface area contributed by atoms with Crippen LogP contribution in [0.25, 0.3) is 0 Å². The fourth-order valence-electron chi connectivity index (χ4n) is 1.31. The molecule has 0 aliphatic rings. The molecule has 82 valence electrons. The molecule has 1 heterocycles. The lowest BCUT2D eigenvalue weighted by atomic mass is 9.88. The van der Waals surface area contributed by atoms with Crippen LogP contribution in [0.5, 0.6) is 0 Å². The highest BCUT2D eigenvalue weighted by atomic mass is 19.1. The van der Waals surface area contributed by atoms with Gasteiger partial charge in [-0.05, 0) is 27.8 Å². The Morgan fingerprint density at radius 3 is 2.60 bits per heavy atom. The molecule has 4 nitrogen and oxygen atoms in total.